The third kappa shape index (κ3) is 12.0. The molecule has 0 aliphatic heterocycles. The number of aromatic amines is 3. The Labute approximate surface area is 307 Å². The van der Waals surface area contributed by atoms with Crippen LogP contribution in [0.3, 0.4) is 0 Å². The Morgan fingerprint density at radius 1 is 0.538 bits per heavy atom. The van der Waals surface area contributed by atoms with E-state index in [1.165, 1.54) is 94.5 Å². The van der Waals surface area contributed by atoms with Crippen LogP contribution in [0.4, 0.5) is 0 Å². The molecule has 0 fully saturated rings. The number of hydrogen-bond donors (Lipinski definition) is 3. The molecular weight excluding hydrogens is 677 g/mol. The number of imidazole rings is 3. The summed E-state index contributed by atoms with van der Waals surface area (Å²) in [7, 11) is 0. The van der Waals surface area contributed by atoms with Crippen molar-refractivity contribution in [3.63, 3.8) is 0 Å². The van der Waals surface area contributed by atoms with Gasteiger partial charge < -0.3 is 24.4 Å². The molecule has 274 valence electrons. The summed E-state index contributed by atoms with van der Waals surface area (Å²) >= 11 is 1.96. The van der Waals surface area contributed by atoms with Gasteiger partial charge in [-0.15, -0.1) is 0 Å². The first-order valence-electron chi connectivity index (χ1n) is 18.0. The smallest absolute Gasteiger partial charge is 0.248 e. The Morgan fingerprint density at radius 3 is 1.67 bits per heavy atom. The van der Waals surface area contributed by atoms with Gasteiger partial charge in [0.15, 0.2) is 16.9 Å². The second-order valence-corrected chi connectivity index (χ2v) is 13.4. The van der Waals surface area contributed by atoms with E-state index in [0.717, 1.165) is 33.9 Å². The van der Waals surface area contributed by atoms with Crippen LogP contribution in [0.15, 0.2) is 62.2 Å². The van der Waals surface area contributed by atoms with Gasteiger partial charge in [0.25, 0.3) is 0 Å². The maximum absolute atomic E-state index is 5.73. The number of nitrogens with zero attached hydrogens (tertiary/aromatic N) is 9. The molecule has 0 unspecified atom stereocenters. The molecule has 0 bridgehead atoms. The number of nitrogens with one attached hydrogen (secondary N) is 3. The second-order valence-electron chi connectivity index (χ2n) is 12.2. The first-order valence-corrected chi connectivity index (χ1v) is 19.1. The number of aromatic nitrogens is 12. The fourth-order valence-corrected chi connectivity index (χ4v) is 6.08. The van der Waals surface area contributed by atoms with Crippen molar-refractivity contribution in [2.24, 2.45) is 0 Å². The van der Waals surface area contributed by atoms with Crippen molar-refractivity contribution >= 4 is 45.3 Å². The predicted octanol–water partition coefficient (Wildman–Crippen LogP) is 8.50. The highest BCUT2D eigenvalue weighted by Crippen LogP contribution is 2.24. The maximum atomic E-state index is 5.73. The number of rotatable bonds is 17. The Balaban J connectivity index is 0.000000165. The summed E-state index contributed by atoms with van der Waals surface area (Å²) in [5, 5.41) is 0. The molecule has 0 saturated heterocycles. The fraction of sp³-hybridized carbons (Fsp3) is 0.432. The van der Waals surface area contributed by atoms with Crippen molar-refractivity contribution in [2.75, 3.05) is 18.1 Å². The molecule has 0 radical (unpaired) electrons. The number of benzene rings is 1. The lowest BCUT2D eigenvalue weighted by Gasteiger charge is -2.05. The van der Waals surface area contributed by atoms with Gasteiger partial charge in [0.1, 0.15) is 41.3 Å². The summed E-state index contributed by atoms with van der Waals surface area (Å²) in [5.41, 5.74) is 6.50. The average Bonchev–Trinajstić information content (AvgIpc) is 3.96. The minimum Gasteiger partial charge on any atom is -0.475 e. The van der Waals surface area contributed by atoms with Gasteiger partial charge in [0.2, 0.25) is 11.8 Å². The Bertz CT molecular complexity index is 2030. The van der Waals surface area contributed by atoms with E-state index in [9.17, 15) is 0 Å². The van der Waals surface area contributed by atoms with Gasteiger partial charge in [-0.05, 0) is 38.2 Å². The number of hydrogen-bond acceptors (Lipinski definition) is 12. The fourth-order valence-electron chi connectivity index (χ4n) is 5.27. The Morgan fingerprint density at radius 2 is 1.06 bits per heavy atom. The molecule has 6 heterocycles. The number of fused-ring (bicyclic) bond motifs is 3. The molecule has 0 saturated carbocycles. The highest BCUT2D eigenvalue weighted by atomic mass is 32.2. The lowest BCUT2D eigenvalue weighted by atomic mass is 10.1. The van der Waals surface area contributed by atoms with E-state index in [2.05, 4.69) is 66.7 Å². The zero-order valence-electron chi connectivity index (χ0n) is 30.2. The van der Waals surface area contributed by atoms with Gasteiger partial charge in [-0.1, -0.05) is 82.4 Å². The van der Waals surface area contributed by atoms with Crippen LogP contribution in [0.25, 0.3) is 33.5 Å². The van der Waals surface area contributed by atoms with E-state index in [0.29, 0.717) is 35.2 Å². The molecule has 3 N–H and O–H groups in total. The first kappa shape index (κ1) is 38.1. The number of ether oxygens (including phenoxy) is 2. The monoisotopic (exact) mass is 724 g/mol. The van der Waals surface area contributed by atoms with Gasteiger partial charge in [-0.25, -0.2) is 34.9 Å². The predicted molar refractivity (Wildman–Crippen MR) is 206 cm³/mol. The van der Waals surface area contributed by atoms with Crippen LogP contribution in [-0.4, -0.2) is 77.9 Å². The maximum Gasteiger partial charge on any atom is 0.248 e. The standard InChI is InChI=1S/C19H32N4OS.C12H10N4O.C6H6N4/c1-2-3-4-5-6-7-8-9-10-11-13-25-14-12-24-19-17-18(21-15-20-17)22-16-23-19;1-8-2-4-9(5-3-8)17-12-10-11(14-6-13-10)15-7-16-12;1-4-5-6(9-2-7-4)10-3-8-5/h15-16H,2-14H2,1H3,(H,20,21,22,23);2-7H,1H3,(H,13,14,15,16);2-3H,1H3,(H,7,8,9,10). The quantitative estimate of drug-likeness (QED) is 0.0763. The molecule has 7 aromatic rings. The minimum absolute atomic E-state index is 0.483. The number of aryl methyl sites for hydroxylation is 2. The van der Waals surface area contributed by atoms with Crippen molar-refractivity contribution in [3.05, 3.63) is 73.5 Å². The normalized spacial score (nSPS) is 10.9. The Kier molecular flexibility index (Phi) is 15.6. The molecule has 52 heavy (non-hydrogen) atoms. The van der Waals surface area contributed by atoms with E-state index < -0.39 is 0 Å². The van der Waals surface area contributed by atoms with Crippen molar-refractivity contribution in [2.45, 2.75) is 85.0 Å². The van der Waals surface area contributed by atoms with Gasteiger partial charge in [-0.3, -0.25) is 0 Å². The van der Waals surface area contributed by atoms with Crippen molar-refractivity contribution in [1.29, 1.82) is 0 Å². The molecule has 0 spiro atoms. The van der Waals surface area contributed by atoms with Gasteiger partial charge in [-0.2, -0.15) is 21.7 Å². The molecule has 14 nitrogen and oxygen atoms in total. The molecule has 0 amide bonds. The molecule has 0 aliphatic rings. The van der Waals surface area contributed by atoms with E-state index in [-0.39, 0.29) is 0 Å². The number of unbranched alkanes of at least 4 members (excludes halogenated alkanes) is 9. The summed E-state index contributed by atoms with van der Waals surface area (Å²) in [6.45, 7) is 6.90. The first-order chi connectivity index (χ1) is 25.6. The highest BCUT2D eigenvalue weighted by molar-refractivity contribution is 7.99. The number of thioether (sulfide) groups is 1. The molecule has 7 rings (SSSR count). The average molecular weight is 725 g/mol. The zero-order valence-corrected chi connectivity index (χ0v) is 31.0. The summed E-state index contributed by atoms with van der Waals surface area (Å²) in [5.74, 6) is 4.05. The molecule has 6 aromatic heterocycles. The molecule has 0 aliphatic carbocycles. The summed E-state index contributed by atoms with van der Waals surface area (Å²) in [6, 6.07) is 7.78. The summed E-state index contributed by atoms with van der Waals surface area (Å²) < 4.78 is 11.4. The minimum atomic E-state index is 0.483. The van der Waals surface area contributed by atoms with Crippen LogP contribution < -0.4 is 9.47 Å². The van der Waals surface area contributed by atoms with Crippen LogP contribution in [0.2, 0.25) is 0 Å². The number of H-pyrrole nitrogens is 3. The van der Waals surface area contributed by atoms with E-state index in [1.807, 2.05) is 49.9 Å². The molecule has 1 aromatic carbocycles. The van der Waals surface area contributed by atoms with Gasteiger partial charge >= 0.3 is 0 Å². The van der Waals surface area contributed by atoms with Crippen LogP contribution in [0.1, 0.15) is 82.4 Å². The van der Waals surface area contributed by atoms with Crippen molar-refractivity contribution < 1.29 is 9.47 Å². The van der Waals surface area contributed by atoms with E-state index in [4.69, 9.17) is 9.47 Å². The van der Waals surface area contributed by atoms with E-state index >= 15 is 0 Å². The lowest BCUT2D eigenvalue weighted by molar-refractivity contribution is 0.333. The van der Waals surface area contributed by atoms with Crippen LogP contribution >= 0.6 is 11.8 Å². The van der Waals surface area contributed by atoms with Gasteiger partial charge in [0, 0.05) is 5.75 Å². The largest absolute Gasteiger partial charge is 0.475 e. The molecular formula is C37H48N12O2S. The van der Waals surface area contributed by atoms with Crippen LogP contribution in [-0.2, 0) is 0 Å². The van der Waals surface area contributed by atoms with Crippen molar-refractivity contribution in [1.82, 2.24) is 59.8 Å². The van der Waals surface area contributed by atoms with Crippen molar-refractivity contribution in [3.8, 4) is 17.5 Å². The zero-order chi connectivity index (χ0) is 36.2. The van der Waals surface area contributed by atoms with Crippen LogP contribution in [0, 0.1) is 13.8 Å². The summed E-state index contributed by atoms with van der Waals surface area (Å²) in [4.78, 5) is 45.4. The molecule has 15 heteroatoms. The highest BCUT2D eigenvalue weighted by Gasteiger charge is 2.08. The second kappa shape index (κ2) is 21.2. The van der Waals surface area contributed by atoms with E-state index in [1.54, 1.807) is 19.0 Å². The summed E-state index contributed by atoms with van der Waals surface area (Å²) in [6.07, 6.45) is 23.2. The Hall–Kier alpha value is -5.18. The SMILES string of the molecule is CCCCCCCCCCCCSCCOc1ncnc2nc[nH]c12.Cc1ccc(Oc2ncnc3nc[nH]c23)cc1.Cc1ncnc2nc[nH]c12. The third-order valence-corrected chi connectivity index (χ3v) is 9.17. The topological polar surface area (TPSA) is 182 Å². The third-order valence-electron chi connectivity index (χ3n) is 8.13. The molecule has 0 atom stereocenters. The van der Waals surface area contributed by atoms with Crippen LogP contribution in [0.5, 0.6) is 17.5 Å². The van der Waals surface area contributed by atoms with Gasteiger partial charge in [0.05, 0.1) is 31.3 Å². The lowest BCUT2D eigenvalue weighted by Crippen LogP contribution is -2.03.